The molecule has 0 aromatic rings. The Hall–Kier alpha value is -0.870. The highest BCUT2D eigenvalue weighted by atomic mass is 35.5. The minimum atomic E-state index is -1.04. The van der Waals surface area contributed by atoms with Gasteiger partial charge in [-0.25, -0.2) is 4.79 Å². The maximum absolute atomic E-state index is 12.4. The van der Waals surface area contributed by atoms with E-state index in [9.17, 15) is 14.7 Å². The first-order chi connectivity index (χ1) is 13.0. The van der Waals surface area contributed by atoms with E-state index in [2.05, 4.69) is 23.8 Å². The molecule has 1 unspecified atom stereocenters. The summed E-state index contributed by atoms with van der Waals surface area (Å²) in [6.07, 6.45) is 14.0. The Kier molecular flexibility index (Phi) is 12.7. The molecule has 0 spiro atoms. The first-order valence-electron chi connectivity index (χ1n) is 10.6. The third kappa shape index (κ3) is 8.78. The van der Waals surface area contributed by atoms with Crippen LogP contribution in [0.3, 0.4) is 0 Å². The summed E-state index contributed by atoms with van der Waals surface area (Å²) < 4.78 is 4.52. The fourth-order valence-electron chi connectivity index (χ4n) is 3.97. The van der Waals surface area contributed by atoms with Crippen molar-refractivity contribution in [3.63, 3.8) is 0 Å². The van der Waals surface area contributed by atoms with Crippen molar-refractivity contribution >= 4 is 23.4 Å². The smallest absolute Gasteiger partial charge is 0.334 e. The summed E-state index contributed by atoms with van der Waals surface area (Å²) in [5, 5.41) is 9.60. The molecule has 0 amide bonds. The lowest BCUT2D eigenvalue weighted by Crippen LogP contribution is -2.21. The molecular weight excluding hydrogens is 364 g/mol. The van der Waals surface area contributed by atoms with Crippen LogP contribution < -0.4 is 0 Å². The van der Waals surface area contributed by atoms with Gasteiger partial charge < -0.3 is 9.84 Å². The number of carbonyl (C=O) groups is 2. The van der Waals surface area contributed by atoms with Crippen LogP contribution in [0.2, 0.25) is 0 Å². The molecule has 156 valence electrons. The van der Waals surface area contributed by atoms with Crippen molar-refractivity contribution in [2.45, 2.75) is 83.7 Å². The molecule has 1 aliphatic rings. The van der Waals surface area contributed by atoms with Crippen LogP contribution in [0.4, 0.5) is 0 Å². The summed E-state index contributed by atoms with van der Waals surface area (Å²) in [4.78, 5) is 23.6. The lowest BCUT2D eigenvalue weighted by atomic mass is 9.86. The highest BCUT2D eigenvalue weighted by molar-refractivity contribution is 6.18. The number of hydrogen-bond acceptors (Lipinski definition) is 4. The van der Waals surface area contributed by atoms with E-state index >= 15 is 0 Å². The van der Waals surface area contributed by atoms with Gasteiger partial charge in [0.1, 0.15) is 5.78 Å². The van der Waals surface area contributed by atoms with Crippen LogP contribution in [0.1, 0.15) is 77.6 Å². The van der Waals surface area contributed by atoms with Gasteiger partial charge in [0, 0.05) is 18.2 Å². The lowest BCUT2D eigenvalue weighted by Gasteiger charge is -2.19. The molecule has 4 atom stereocenters. The van der Waals surface area contributed by atoms with Gasteiger partial charge in [0.15, 0.2) is 6.10 Å². The van der Waals surface area contributed by atoms with Gasteiger partial charge in [0.2, 0.25) is 0 Å². The molecule has 1 rings (SSSR count). The molecule has 1 aliphatic carbocycles. The maximum atomic E-state index is 12.4. The second-order valence-corrected chi connectivity index (χ2v) is 8.03. The second kappa shape index (κ2) is 14.2. The van der Waals surface area contributed by atoms with Gasteiger partial charge in [0.25, 0.3) is 0 Å². The number of unbranched alkanes of at least 4 members (excludes halogenated alkanes) is 6. The number of esters is 1. The van der Waals surface area contributed by atoms with Gasteiger partial charge in [-0.3, -0.25) is 4.79 Å². The first-order valence-corrected chi connectivity index (χ1v) is 11.1. The van der Waals surface area contributed by atoms with Crippen LogP contribution in [0.25, 0.3) is 0 Å². The standard InChI is InChI=1S/C22H37ClO4/c1-3-4-5-6-7-9-12-18-17(16-23)15-21(25)19(18)13-10-8-11-14-20(24)22(26)27-2/h9,12,17-20,24H,3-8,10-11,13-16H2,1-2H3/t17-,18-,19+,20?/m0/s1. The van der Waals surface area contributed by atoms with E-state index in [1.165, 1.54) is 32.8 Å². The number of aliphatic hydroxyl groups is 1. The van der Waals surface area contributed by atoms with Crippen molar-refractivity contribution in [3.8, 4) is 0 Å². The van der Waals surface area contributed by atoms with Crippen LogP contribution in [0.15, 0.2) is 12.2 Å². The molecule has 0 saturated heterocycles. The van der Waals surface area contributed by atoms with Gasteiger partial charge in [-0.05, 0) is 37.5 Å². The molecule has 4 nitrogen and oxygen atoms in total. The molecule has 0 aliphatic heterocycles. The monoisotopic (exact) mass is 400 g/mol. The van der Waals surface area contributed by atoms with E-state index < -0.39 is 12.1 Å². The fourth-order valence-corrected chi connectivity index (χ4v) is 4.28. The van der Waals surface area contributed by atoms with Crippen molar-refractivity contribution in [2.75, 3.05) is 13.0 Å². The van der Waals surface area contributed by atoms with E-state index in [-0.39, 0.29) is 17.8 Å². The third-order valence-corrected chi connectivity index (χ3v) is 6.03. The van der Waals surface area contributed by atoms with Crippen LogP contribution in [0, 0.1) is 17.8 Å². The molecule has 0 heterocycles. The molecule has 1 saturated carbocycles. The predicted octanol–water partition coefficient (Wildman–Crippen LogP) is 5.06. The molecule has 0 aromatic heterocycles. The molecule has 0 radical (unpaired) electrons. The molecule has 27 heavy (non-hydrogen) atoms. The van der Waals surface area contributed by atoms with Crippen LogP contribution in [0.5, 0.6) is 0 Å². The molecule has 1 fully saturated rings. The number of carbonyl (C=O) groups excluding carboxylic acids is 2. The van der Waals surface area contributed by atoms with Crippen LogP contribution in [-0.4, -0.2) is 36.0 Å². The number of halogens is 1. The summed E-state index contributed by atoms with van der Waals surface area (Å²) >= 11 is 6.12. The van der Waals surface area contributed by atoms with Crippen molar-refractivity contribution in [1.82, 2.24) is 0 Å². The van der Waals surface area contributed by atoms with Crippen molar-refractivity contribution in [2.24, 2.45) is 17.8 Å². The normalized spacial score (nSPS) is 23.9. The van der Waals surface area contributed by atoms with E-state index in [0.717, 1.165) is 32.1 Å². The third-order valence-electron chi connectivity index (χ3n) is 5.63. The summed E-state index contributed by atoms with van der Waals surface area (Å²) in [6, 6.07) is 0. The quantitative estimate of drug-likeness (QED) is 0.191. The topological polar surface area (TPSA) is 63.6 Å². The molecule has 0 aromatic carbocycles. The number of ketones is 1. The van der Waals surface area contributed by atoms with Gasteiger partial charge in [-0.1, -0.05) is 57.6 Å². The highest BCUT2D eigenvalue weighted by Gasteiger charge is 2.39. The Morgan fingerprint density at radius 3 is 2.67 bits per heavy atom. The van der Waals surface area contributed by atoms with Crippen LogP contribution >= 0.6 is 11.6 Å². The number of alkyl halides is 1. The van der Waals surface area contributed by atoms with Crippen molar-refractivity contribution in [3.05, 3.63) is 12.2 Å². The minimum absolute atomic E-state index is 0.0752. The van der Waals surface area contributed by atoms with E-state index in [4.69, 9.17) is 11.6 Å². The molecule has 1 N–H and O–H groups in total. The van der Waals surface area contributed by atoms with Gasteiger partial charge in [-0.2, -0.15) is 0 Å². The van der Waals surface area contributed by atoms with Gasteiger partial charge >= 0.3 is 5.97 Å². The van der Waals surface area contributed by atoms with E-state index in [1.54, 1.807) is 0 Å². The number of allylic oxidation sites excluding steroid dienone is 2. The number of aliphatic hydroxyl groups excluding tert-OH is 1. The molecular formula is C22H37ClO4. The van der Waals surface area contributed by atoms with Gasteiger partial charge in [0.05, 0.1) is 7.11 Å². The van der Waals surface area contributed by atoms with E-state index in [0.29, 0.717) is 24.5 Å². The predicted molar refractivity (Wildman–Crippen MR) is 110 cm³/mol. The molecule has 0 bridgehead atoms. The number of ether oxygens (including phenoxy) is 1. The van der Waals surface area contributed by atoms with Crippen LogP contribution in [-0.2, 0) is 14.3 Å². The molecule has 5 heteroatoms. The Bertz CT molecular complexity index is 463. The number of hydrogen-bond donors (Lipinski definition) is 1. The minimum Gasteiger partial charge on any atom is -0.467 e. The summed E-state index contributed by atoms with van der Waals surface area (Å²) in [6.45, 7) is 2.21. The number of Topliss-reactive ketones (excluding diaryl/α,β-unsaturated/α-hetero) is 1. The summed E-state index contributed by atoms with van der Waals surface area (Å²) in [5.74, 6) is 0.912. The SMILES string of the molecule is CCCCCCC=C[C@H]1[C@H](CCl)CC(=O)[C@@H]1CCCCCC(O)C(=O)OC. The average Bonchev–Trinajstić information content (AvgIpc) is 2.98. The highest BCUT2D eigenvalue weighted by Crippen LogP contribution is 2.39. The lowest BCUT2D eigenvalue weighted by molar-refractivity contribution is -0.150. The maximum Gasteiger partial charge on any atom is 0.334 e. The average molecular weight is 401 g/mol. The summed E-state index contributed by atoms with van der Waals surface area (Å²) in [7, 11) is 1.28. The first kappa shape index (κ1) is 24.2. The van der Waals surface area contributed by atoms with Crippen molar-refractivity contribution < 1.29 is 19.4 Å². The Labute approximate surface area is 169 Å². The zero-order valence-corrected chi connectivity index (χ0v) is 17.8. The Morgan fingerprint density at radius 1 is 1.26 bits per heavy atom. The van der Waals surface area contributed by atoms with E-state index in [1.807, 2.05) is 0 Å². The van der Waals surface area contributed by atoms with Gasteiger partial charge in [-0.15, -0.1) is 11.6 Å². The summed E-state index contributed by atoms with van der Waals surface area (Å²) in [5.41, 5.74) is 0. The Balaban J connectivity index is 2.39. The zero-order valence-electron chi connectivity index (χ0n) is 17.0. The number of methoxy groups -OCH3 is 1. The second-order valence-electron chi connectivity index (χ2n) is 7.72. The van der Waals surface area contributed by atoms with Crippen molar-refractivity contribution in [1.29, 1.82) is 0 Å². The fraction of sp³-hybridized carbons (Fsp3) is 0.818. The number of rotatable bonds is 14. The Morgan fingerprint density at radius 2 is 2.00 bits per heavy atom. The largest absolute Gasteiger partial charge is 0.467 e. The zero-order chi connectivity index (χ0) is 20.1.